The highest BCUT2D eigenvalue weighted by atomic mass is 15.2. The summed E-state index contributed by atoms with van der Waals surface area (Å²) < 4.78 is 0. The van der Waals surface area contributed by atoms with Gasteiger partial charge in [-0.2, -0.15) is 0 Å². The standard InChI is InChI=1S/C15H31N3/c1-16-13-15-8-4-6-11-18(15)12-9-14-7-3-5-10-17(14)2/h14-16H,3-13H2,1-2H3. The van der Waals surface area contributed by atoms with Crippen LogP contribution in [0.1, 0.15) is 44.9 Å². The third-order valence-electron chi connectivity index (χ3n) is 4.86. The summed E-state index contributed by atoms with van der Waals surface area (Å²) in [5.74, 6) is 0. The molecular formula is C15H31N3. The van der Waals surface area contributed by atoms with Crippen LogP contribution in [0.5, 0.6) is 0 Å². The van der Waals surface area contributed by atoms with Crippen LogP contribution in [0.15, 0.2) is 0 Å². The monoisotopic (exact) mass is 253 g/mol. The molecule has 2 saturated heterocycles. The van der Waals surface area contributed by atoms with E-state index in [-0.39, 0.29) is 0 Å². The normalized spacial score (nSPS) is 31.7. The van der Waals surface area contributed by atoms with Crippen molar-refractivity contribution >= 4 is 0 Å². The third kappa shape index (κ3) is 3.94. The Kier molecular flexibility index (Phi) is 5.93. The van der Waals surface area contributed by atoms with Crippen LogP contribution >= 0.6 is 0 Å². The zero-order valence-electron chi connectivity index (χ0n) is 12.3. The van der Waals surface area contributed by atoms with E-state index in [0.717, 1.165) is 12.1 Å². The molecule has 18 heavy (non-hydrogen) atoms. The van der Waals surface area contributed by atoms with Crippen molar-refractivity contribution in [3.8, 4) is 0 Å². The molecule has 2 fully saturated rings. The first-order chi connectivity index (χ1) is 8.81. The van der Waals surface area contributed by atoms with E-state index >= 15 is 0 Å². The Morgan fingerprint density at radius 3 is 2.44 bits per heavy atom. The first-order valence-electron chi connectivity index (χ1n) is 7.90. The third-order valence-corrected chi connectivity index (χ3v) is 4.86. The van der Waals surface area contributed by atoms with Crippen LogP contribution in [0.4, 0.5) is 0 Å². The van der Waals surface area contributed by atoms with Crippen LogP contribution < -0.4 is 5.32 Å². The Labute approximate surface area is 113 Å². The van der Waals surface area contributed by atoms with Gasteiger partial charge in [-0.15, -0.1) is 0 Å². The summed E-state index contributed by atoms with van der Waals surface area (Å²) in [6.07, 6.45) is 9.85. The maximum atomic E-state index is 3.36. The van der Waals surface area contributed by atoms with Crippen LogP contribution in [0.2, 0.25) is 0 Å². The summed E-state index contributed by atoms with van der Waals surface area (Å²) >= 11 is 0. The summed E-state index contributed by atoms with van der Waals surface area (Å²) in [5.41, 5.74) is 0. The van der Waals surface area contributed by atoms with E-state index in [1.54, 1.807) is 0 Å². The van der Waals surface area contributed by atoms with Gasteiger partial charge in [0.25, 0.3) is 0 Å². The first kappa shape index (κ1) is 14.3. The molecule has 2 aliphatic heterocycles. The molecule has 2 atom stereocenters. The van der Waals surface area contributed by atoms with E-state index in [1.165, 1.54) is 71.1 Å². The molecule has 0 aromatic rings. The largest absolute Gasteiger partial charge is 0.318 e. The average Bonchev–Trinajstić information content (AvgIpc) is 2.40. The highest BCUT2D eigenvalue weighted by molar-refractivity contribution is 4.81. The highest BCUT2D eigenvalue weighted by Gasteiger charge is 2.24. The number of likely N-dealkylation sites (N-methyl/N-ethyl adjacent to an activating group) is 1. The van der Waals surface area contributed by atoms with E-state index in [1.807, 2.05) is 0 Å². The van der Waals surface area contributed by atoms with Crippen LogP contribution in [-0.4, -0.2) is 62.2 Å². The molecule has 0 radical (unpaired) electrons. The van der Waals surface area contributed by atoms with Gasteiger partial charge < -0.3 is 10.2 Å². The molecule has 0 aromatic carbocycles. The molecule has 3 nitrogen and oxygen atoms in total. The predicted molar refractivity (Wildman–Crippen MR) is 78.0 cm³/mol. The predicted octanol–water partition coefficient (Wildman–Crippen LogP) is 1.93. The summed E-state index contributed by atoms with van der Waals surface area (Å²) in [6, 6.07) is 1.63. The van der Waals surface area contributed by atoms with E-state index in [2.05, 4.69) is 29.2 Å². The molecule has 0 amide bonds. The van der Waals surface area contributed by atoms with Crippen molar-refractivity contribution in [1.82, 2.24) is 15.1 Å². The van der Waals surface area contributed by atoms with E-state index < -0.39 is 0 Å². The number of likely N-dealkylation sites (tertiary alicyclic amines) is 2. The number of nitrogens with zero attached hydrogens (tertiary/aromatic N) is 2. The van der Waals surface area contributed by atoms with Crippen molar-refractivity contribution in [2.24, 2.45) is 0 Å². The lowest BCUT2D eigenvalue weighted by molar-refractivity contribution is 0.112. The number of rotatable bonds is 5. The van der Waals surface area contributed by atoms with E-state index in [0.29, 0.717) is 0 Å². The van der Waals surface area contributed by atoms with Crippen LogP contribution in [0.3, 0.4) is 0 Å². The van der Waals surface area contributed by atoms with Crippen molar-refractivity contribution in [2.75, 3.05) is 40.3 Å². The topological polar surface area (TPSA) is 18.5 Å². The van der Waals surface area contributed by atoms with Gasteiger partial charge in [0.05, 0.1) is 0 Å². The van der Waals surface area contributed by atoms with Crippen LogP contribution in [0, 0.1) is 0 Å². The Morgan fingerprint density at radius 1 is 1.00 bits per heavy atom. The number of piperidine rings is 2. The molecule has 1 N–H and O–H groups in total. The molecule has 2 unspecified atom stereocenters. The number of hydrogen-bond donors (Lipinski definition) is 1. The second-order valence-electron chi connectivity index (χ2n) is 6.16. The van der Waals surface area contributed by atoms with Gasteiger partial charge in [0.1, 0.15) is 0 Å². The molecule has 0 spiro atoms. The summed E-state index contributed by atoms with van der Waals surface area (Å²) in [5, 5.41) is 3.36. The van der Waals surface area contributed by atoms with Crippen molar-refractivity contribution in [3.63, 3.8) is 0 Å². The van der Waals surface area contributed by atoms with Crippen molar-refractivity contribution < 1.29 is 0 Å². The second kappa shape index (κ2) is 7.46. The Hall–Kier alpha value is -0.120. The number of nitrogens with one attached hydrogen (secondary N) is 1. The van der Waals surface area contributed by atoms with Crippen molar-refractivity contribution in [1.29, 1.82) is 0 Å². The molecular weight excluding hydrogens is 222 g/mol. The lowest BCUT2D eigenvalue weighted by Gasteiger charge is -2.38. The van der Waals surface area contributed by atoms with Crippen LogP contribution in [-0.2, 0) is 0 Å². The Bertz CT molecular complexity index is 230. The van der Waals surface area contributed by atoms with Gasteiger partial charge in [-0.1, -0.05) is 12.8 Å². The van der Waals surface area contributed by atoms with Gasteiger partial charge in [0.2, 0.25) is 0 Å². The molecule has 0 aromatic heterocycles. The molecule has 3 heteroatoms. The highest BCUT2D eigenvalue weighted by Crippen LogP contribution is 2.21. The SMILES string of the molecule is CNCC1CCCCN1CCC1CCCCN1C. The van der Waals surface area contributed by atoms with Gasteiger partial charge >= 0.3 is 0 Å². The minimum absolute atomic E-state index is 0.789. The molecule has 2 heterocycles. The fraction of sp³-hybridized carbons (Fsp3) is 1.00. The summed E-state index contributed by atoms with van der Waals surface area (Å²) in [4.78, 5) is 5.32. The van der Waals surface area contributed by atoms with Crippen molar-refractivity contribution in [3.05, 3.63) is 0 Å². The van der Waals surface area contributed by atoms with Crippen molar-refractivity contribution in [2.45, 2.75) is 57.0 Å². The van der Waals surface area contributed by atoms with E-state index in [4.69, 9.17) is 0 Å². The lowest BCUT2D eigenvalue weighted by atomic mass is 9.97. The first-order valence-corrected chi connectivity index (χ1v) is 7.90. The van der Waals surface area contributed by atoms with Gasteiger partial charge in [-0.25, -0.2) is 0 Å². The van der Waals surface area contributed by atoms with Crippen LogP contribution in [0.25, 0.3) is 0 Å². The molecule has 106 valence electrons. The van der Waals surface area contributed by atoms with E-state index in [9.17, 15) is 0 Å². The average molecular weight is 253 g/mol. The molecule has 0 saturated carbocycles. The quantitative estimate of drug-likeness (QED) is 0.808. The summed E-state index contributed by atoms with van der Waals surface area (Å²) in [6.45, 7) is 5.11. The second-order valence-corrected chi connectivity index (χ2v) is 6.16. The Balaban J connectivity index is 1.76. The Morgan fingerprint density at radius 2 is 1.72 bits per heavy atom. The zero-order chi connectivity index (χ0) is 12.8. The summed E-state index contributed by atoms with van der Waals surface area (Å²) in [7, 11) is 4.40. The van der Waals surface area contributed by atoms with Gasteiger partial charge in [0.15, 0.2) is 0 Å². The molecule has 0 aliphatic carbocycles. The minimum Gasteiger partial charge on any atom is -0.318 e. The molecule has 0 bridgehead atoms. The number of hydrogen-bond acceptors (Lipinski definition) is 3. The zero-order valence-corrected chi connectivity index (χ0v) is 12.3. The maximum Gasteiger partial charge on any atom is 0.0220 e. The molecule has 2 rings (SSSR count). The fourth-order valence-corrected chi connectivity index (χ4v) is 3.64. The minimum atomic E-state index is 0.789. The van der Waals surface area contributed by atoms with Gasteiger partial charge in [-0.3, -0.25) is 4.90 Å². The molecule has 2 aliphatic rings. The van der Waals surface area contributed by atoms with Gasteiger partial charge in [0, 0.05) is 18.6 Å². The smallest absolute Gasteiger partial charge is 0.0220 e. The maximum absolute atomic E-state index is 3.36. The lowest BCUT2D eigenvalue weighted by Crippen LogP contribution is -2.47. The fourth-order valence-electron chi connectivity index (χ4n) is 3.64. The van der Waals surface area contributed by atoms with Gasteiger partial charge in [-0.05, 0) is 65.8 Å².